The minimum atomic E-state index is -0.279. The van der Waals surface area contributed by atoms with Gasteiger partial charge in [-0.25, -0.2) is 18.7 Å². The van der Waals surface area contributed by atoms with Gasteiger partial charge in [0.25, 0.3) is 11.8 Å². The fourth-order valence-electron chi connectivity index (χ4n) is 7.80. The molecule has 0 radical (unpaired) electrons. The lowest BCUT2D eigenvalue weighted by Gasteiger charge is -2.19. The Kier molecular flexibility index (Phi) is 13.1. The maximum absolute atomic E-state index is 13.3. The first-order valence-electron chi connectivity index (χ1n) is 20.8. The second kappa shape index (κ2) is 19.4. The second-order valence-electron chi connectivity index (χ2n) is 15.6. The number of nitrogens with zero attached hydrogens (tertiary/aromatic N) is 6. The van der Waals surface area contributed by atoms with E-state index in [0.29, 0.717) is 34.4 Å². The zero-order valence-electron chi connectivity index (χ0n) is 34.9. The Bertz CT molecular complexity index is 3030. The van der Waals surface area contributed by atoms with Crippen LogP contribution in [0.4, 0.5) is 32.3 Å². The fraction of sp³-hybridized carbons (Fsp3) is 0.191. The molecule has 0 bridgehead atoms. The smallest absolute Gasteiger partial charge is 0.258 e. The van der Waals surface area contributed by atoms with Crippen LogP contribution >= 0.6 is 45.9 Å². The Morgan fingerprint density at radius 1 is 0.652 bits per heavy atom. The minimum Gasteiger partial charge on any atom is -0.484 e. The highest BCUT2D eigenvalue weighted by Crippen LogP contribution is 2.39. The normalized spacial score (nSPS) is 15.8. The summed E-state index contributed by atoms with van der Waals surface area (Å²) in [7, 11) is 0. The van der Waals surface area contributed by atoms with Gasteiger partial charge in [-0.1, -0.05) is 47.5 Å². The van der Waals surface area contributed by atoms with Crippen LogP contribution in [0.2, 0.25) is 10.0 Å². The van der Waals surface area contributed by atoms with Crippen molar-refractivity contribution in [1.82, 2.24) is 30.6 Å². The molecule has 4 aromatic carbocycles. The lowest BCUT2D eigenvalue weighted by molar-refractivity contribution is -0.123. The van der Waals surface area contributed by atoms with Crippen LogP contribution in [0.1, 0.15) is 23.2 Å². The molecule has 2 saturated heterocycles. The molecule has 8 aromatic rings. The molecule has 2 aliphatic heterocycles. The number of carbonyl (C=O) groups is 2. The predicted molar refractivity (Wildman–Crippen MR) is 260 cm³/mol. The summed E-state index contributed by atoms with van der Waals surface area (Å²) in [5.41, 5.74) is 14.4. The summed E-state index contributed by atoms with van der Waals surface area (Å²) < 4.78 is 32.2. The topological polar surface area (TPSA) is 178 Å². The average molecular weight is 966 g/mol. The average Bonchev–Trinajstić information content (AvgIpc) is 4.14. The molecular weight excluding hydrogens is 926 g/mol. The maximum atomic E-state index is 13.3. The van der Waals surface area contributed by atoms with Gasteiger partial charge in [-0.2, -0.15) is 9.97 Å². The monoisotopic (exact) mass is 964 g/mol. The van der Waals surface area contributed by atoms with Crippen molar-refractivity contribution in [3.05, 3.63) is 136 Å². The molecule has 10 rings (SSSR count). The molecular formula is C47H40Cl2F2N10O3S2. The van der Waals surface area contributed by atoms with Gasteiger partial charge < -0.3 is 36.6 Å². The summed E-state index contributed by atoms with van der Waals surface area (Å²) >= 11 is 14.8. The molecule has 0 saturated carbocycles. The molecule has 19 heteroatoms. The second-order valence-corrected chi connectivity index (χ2v) is 18.6. The number of nitrogens with one attached hydrogen (secondary N) is 2. The van der Waals surface area contributed by atoms with Crippen molar-refractivity contribution in [2.45, 2.75) is 24.9 Å². The van der Waals surface area contributed by atoms with E-state index in [0.717, 1.165) is 78.9 Å². The summed E-state index contributed by atoms with van der Waals surface area (Å²) in [6.45, 7) is 2.59. The SMILES string of the molecule is Nc1nc(N2CC[C@@H](NC(=O)COc3ccc(Cl)cc3)C2)c2cc(-c3ccc(F)cc3)sc2n1.Nc1nc(N2CC[C@@H](NC(=O)c3ccc(Cl)cc3)C2)c2cc(-c3ccc(F)cc3)sc2n1. The molecule has 66 heavy (non-hydrogen) atoms. The number of nitrogens with two attached hydrogens (primary N) is 2. The van der Waals surface area contributed by atoms with Crippen molar-refractivity contribution in [1.29, 1.82) is 0 Å². The van der Waals surface area contributed by atoms with Gasteiger partial charge >= 0.3 is 0 Å². The quantitative estimate of drug-likeness (QED) is 0.103. The van der Waals surface area contributed by atoms with Crippen molar-refractivity contribution in [3.8, 4) is 26.6 Å². The molecule has 2 amide bonds. The van der Waals surface area contributed by atoms with Crippen molar-refractivity contribution in [2.24, 2.45) is 0 Å². The molecule has 0 spiro atoms. The van der Waals surface area contributed by atoms with Crippen LogP contribution in [-0.2, 0) is 4.79 Å². The lowest BCUT2D eigenvalue weighted by atomic mass is 10.2. The number of amides is 2. The number of ether oxygens (including phenoxy) is 1. The van der Waals surface area contributed by atoms with Gasteiger partial charge in [-0.3, -0.25) is 9.59 Å². The van der Waals surface area contributed by atoms with Crippen LogP contribution in [0, 0.1) is 11.6 Å². The number of hydrogen-bond donors (Lipinski definition) is 4. The highest BCUT2D eigenvalue weighted by Gasteiger charge is 2.29. The van der Waals surface area contributed by atoms with Crippen LogP contribution in [0.15, 0.2) is 109 Å². The van der Waals surface area contributed by atoms with E-state index in [2.05, 4.69) is 40.4 Å². The Labute approximate surface area is 395 Å². The third-order valence-electron chi connectivity index (χ3n) is 11.0. The van der Waals surface area contributed by atoms with E-state index >= 15 is 0 Å². The van der Waals surface area contributed by atoms with E-state index in [4.69, 9.17) is 39.4 Å². The third kappa shape index (κ3) is 10.4. The van der Waals surface area contributed by atoms with E-state index < -0.39 is 0 Å². The Morgan fingerprint density at radius 2 is 1.11 bits per heavy atom. The third-order valence-corrected chi connectivity index (χ3v) is 13.7. The van der Waals surface area contributed by atoms with Crippen molar-refractivity contribution in [2.75, 3.05) is 54.1 Å². The molecule has 2 atom stereocenters. The summed E-state index contributed by atoms with van der Waals surface area (Å²) in [5, 5.41) is 9.09. The van der Waals surface area contributed by atoms with Gasteiger partial charge in [0.1, 0.15) is 38.7 Å². The first-order valence-corrected chi connectivity index (χ1v) is 23.2. The standard InChI is InChI=1S/C24H21ClFN5O2S.C23H19ClFN5OS/c25-15-3-7-18(8-4-15)33-13-21(32)28-17-9-10-31(12-17)22-19-11-20(14-1-5-16(26)6-2-14)34-23(19)30-24(27)29-22;24-15-5-1-14(2-6-15)21(31)27-17-9-10-30(12-17)20-18-11-19(13-3-7-16(25)8-4-13)32-22(18)29-23(26)28-20/h1-8,11,17H,9-10,12-13H2,(H,28,32)(H2,27,29,30);1-8,11,17H,9-10,12H2,(H,27,31)(H2,26,28,29)/t2*17-/m11/s1. The summed E-state index contributed by atoms with van der Waals surface area (Å²) in [6, 6.07) is 30.4. The van der Waals surface area contributed by atoms with Gasteiger partial charge in [-0.15, -0.1) is 22.7 Å². The van der Waals surface area contributed by atoms with Crippen molar-refractivity contribution < 1.29 is 23.1 Å². The van der Waals surface area contributed by atoms with Crippen LogP contribution in [0.25, 0.3) is 41.3 Å². The predicted octanol–water partition coefficient (Wildman–Crippen LogP) is 9.25. The molecule has 13 nitrogen and oxygen atoms in total. The number of thiophene rings is 2. The number of carbonyl (C=O) groups excluding carboxylic acids is 2. The first-order chi connectivity index (χ1) is 31.9. The highest BCUT2D eigenvalue weighted by molar-refractivity contribution is 7.22. The van der Waals surface area contributed by atoms with E-state index in [1.165, 1.54) is 46.9 Å². The van der Waals surface area contributed by atoms with Gasteiger partial charge in [0.15, 0.2) is 6.61 Å². The zero-order chi connectivity index (χ0) is 45.9. The Morgan fingerprint density at radius 3 is 1.59 bits per heavy atom. The van der Waals surface area contributed by atoms with Gasteiger partial charge in [0.05, 0.1) is 10.8 Å². The largest absolute Gasteiger partial charge is 0.484 e. The Balaban J connectivity index is 0.000000166. The molecule has 0 unspecified atom stereocenters. The van der Waals surface area contributed by atoms with Crippen molar-refractivity contribution >= 4 is 102 Å². The highest BCUT2D eigenvalue weighted by atomic mass is 35.5. The van der Waals surface area contributed by atoms with Crippen LogP contribution < -0.4 is 36.6 Å². The number of aromatic nitrogens is 4. The van der Waals surface area contributed by atoms with E-state index in [1.807, 2.05) is 12.1 Å². The van der Waals surface area contributed by atoms with E-state index in [-0.39, 0.29) is 54.0 Å². The minimum absolute atomic E-state index is 0.0142. The number of hydrogen-bond acceptors (Lipinski definition) is 13. The number of fused-ring (bicyclic) bond motifs is 2. The maximum Gasteiger partial charge on any atom is 0.258 e. The van der Waals surface area contributed by atoms with Gasteiger partial charge in [-0.05, 0) is 109 Å². The number of anilines is 4. The van der Waals surface area contributed by atoms with Crippen molar-refractivity contribution in [3.63, 3.8) is 0 Å². The molecule has 4 aromatic heterocycles. The number of nitrogen functional groups attached to an aromatic ring is 2. The molecule has 6 N–H and O–H groups in total. The number of benzene rings is 4. The summed E-state index contributed by atoms with van der Waals surface area (Å²) in [4.78, 5) is 50.4. The summed E-state index contributed by atoms with van der Waals surface area (Å²) in [6.07, 6.45) is 1.56. The molecule has 2 aliphatic rings. The number of rotatable bonds is 10. The van der Waals surface area contributed by atoms with Gasteiger partial charge in [0.2, 0.25) is 11.9 Å². The molecule has 0 aliphatic carbocycles. The van der Waals surface area contributed by atoms with Gasteiger partial charge in [0, 0.05) is 63.6 Å². The molecule has 336 valence electrons. The first kappa shape index (κ1) is 44.5. The van der Waals surface area contributed by atoms with Crippen LogP contribution in [0.5, 0.6) is 5.75 Å². The Hall–Kier alpha value is -6.66. The lowest BCUT2D eigenvalue weighted by Crippen LogP contribution is -2.39. The number of halogens is 4. The van der Waals surface area contributed by atoms with Crippen LogP contribution in [-0.4, -0.2) is 76.6 Å². The molecule has 2 fully saturated rings. The summed E-state index contributed by atoms with van der Waals surface area (Å²) in [5.74, 6) is 1.59. The molecule has 6 heterocycles. The van der Waals surface area contributed by atoms with Crippen LogP contribution in [0.3, 0.4) is 0 Å². The fourth-order valence-corrected chi connectivity index (χ4v) is 10.1. The van der Waals surface area contributed by atoms with E-state index in [9.17, 15) is 18.4 Å². The van der Waals surface area contributed by atoms with E-state index in [1.54, 1.807) is 72.8 Å². The zero-order valence-corrected chi connectivity index (χ0v) is 38.0.